The van der Waals surface area contributed by atoms with Crippen LogP contribution in [0.3, 0.4) is 0 Å². The molecule has 0 aliphatic heterocycles. The third-order valence-corrected chi connectivity index (χ3v) is 5.47. The molecule has 142 valence electrons. The van der Waals surface area contributed by atoms with Crippen molar-refractivity contribution in [1.82, 2.24) is 9.97 Å². The number of benzene rings is 3. The molecule has 5 aromatic rings. The maximum absolute atomic E-state index is 8.96. The summed E-state index contributed by atoms with van der Waals surface area (Å²) in [4.78, 5) is 8.91. The summed E-state index contributed by atoms with van der Waals surface area (Å²) in [5, 5.41) is 13.7. The summed E-state index contributed by atoms with van der Waals surface area (Å²) in [6.45, 7) is 4.24. The van der Waals surface area contributed by atoms with E-state index in [1.165, 1.54) is 27.3 Å². The molecule has 3 aromatic carbocycles. The minimum absolute atomic E-state index is 0.428. The van der Waals surface area contributed by atoms with Crippen LogP contribution in [0.2, 0.25) is 0 Å². The predicted octanol–water partition coefficient (Wildman–Crippen LogP) is 6.61. The normalized spacial score (nSPS) is 11.0. The monoisotopic (exact) mass is 385 g/mol. The SMILES string of the molecule is Cc1cc(C)cc(-c2nccc3c2ccc2cc(-c4ccc(C#N)nc4)ccc23)c1. The van der Waals surface area contributed by atoms with Crippen molar-refractivity contribution in [3.63, 3.8) is 0 Å². The molecule has 0 aliphatic rings. The molecule has 0 amide bonds. The lowest BCUT2D eigenvalue weighted by Gasteiger charge is -2.11. The molecular weight excluding hydrogens is 366 g/mol. The summed E-state index contributed by atoms with van der Waals surface area (Å²) in [5.41, 5.74) is 7.16. The topological polar surface area (TPSA) is 49.6 Å². The Morgan fingerprint density at radius 1 is 0.667 bits per heavy atom. The minimum Gasteiger partial charge on any atom is -0.256 e. The first kappa shape index (κ1) is 18.0. The maximum atomic E-state index is 8.96. The molecule has 0 aliphatic carbocycles. The molecule has 30 heavy (non-hydrogen) atoms. The Morgan fingerprint density at radius 2 is 1.43 bits per heavy atom. The van der Waals surface area contributed by atoms with Gasteiger partial charge in [0.2, 0.25) is 0 Å². The van der Waals surface area contributed by atoms with E-state index in [-0.39, 0.29) is 0 Å². The molecule has 0 saturated heterocycles. The van der Waals surface area contributed by atoms with Crippen LogP contribution in [0.4, 0.5) is 0 Å². The number of aryl methyl sites for hydroxylation is 2. The zero-order valence-corrected chi connectivity index (χ0v) is 16.8. The molecule has 0 saturated carbocycles. The molecule has 0 unspecified atom stereocenters. The van der Waals surface area contributed by atoms with Crippen molar-refractivity contribution in [2.45, 2.75) is 13.8 Å². The van der Waals surface area contributed by atoms with Gasteiger partial charge in [-0.15, -0.1) is 0 Å². The van der Waals surface area contributed by atoms with E-state index in [1.807, 2.05) is 12.3 Å². The van der Waals surface area contributed by atoms with Gasteiger partial charge in [0.15, 0.2) is 0 Å². The predicted molar refractivity (Wildman–Crippen MR) is 122 cm³/mol. The van der Waals surface area contributed by atoms with Crippen molar-refractivity contribution < 1.29 is 0 Å². The first-order chi connectivity index (χ1) is 14.6. The summed E-state index contributed by atoms with van der Waals surface area (Å²) in [6, 6.07) is 25.2. The van der Waals surface area contributed by atoms with Crippen molar-refractivity contribution in [3.05, 3.63) is 95.9 Å². The van der Waals surface area contributed by atoms with Gasteiger partial charge in [-0.1, -0.05) is 41.5 Å². The molecular formula is C27H19N3. The zero-order valence-electron chi connectivity index (χ0n) is 16.8. The third kappa shape index (κ3) is 3.09. The van der Waals surface area contributed by atoms with Crippen LogP contribution in [0.15, 0.2) is 79.1 Å². The van der Waals surface area contributed by atoms with Gasteiger partial charge in [-0.3, -0.25) is 4.98 Å². The van der Waals surface area contributed by atoms with Gasteiger partial charge in [0, 0.05) is 28.9 Å². The Balaban J connectivity index is 1.68. The summed E-state index contributed by atoms with van der Waals surface area (Å²) in [5.74, 6) is 0. The molecule has 2 aromatic heterocycles. The third-order valence-electron chi connectivity index (χ3n) is 5.47. The number of fused-ring (bicyclic) bond motifs is 3. The Kier molecular flexibility index (Phi) is 4.26. The molecule has 0 atom stereocenters. The quantitative estimate of drug-likeness (QED) is 0.321. The van der Waals surface area contributed by atoms with Crippen LogP contribution in [0, 0.1) is 25.2 Å². The van der Waals surface area contributed by atoms with Crippen molar-refractivity contribution in [1.29, 1.82) is 5.26 Å². The minimum atomic E-state index is 0.428. The average Bonchev–Trinajstić information content (AvgIpc) is 2.77. The van der Waals surface area contributed by atoms with E-state index < -0.39 is 0 Å². The molecule has 0 spiro atoms. The van der Waals surface area contributed by atoms with Crippen LogP contribution in [0.25, 0.3) is 43.9 Å². The fraction of sp³-hybridized carbons (Fsp3) is 0.0741. The van der Waals surface area contributed by atoms with E-state index >= 15 is 0 Å². The summed E-state index contributed by atoms with van der Waals surface area (Å²) < 4.78 is 0. The van der Waals surface area contributed by atoms with Crippen LogP contribution in [0.1, 0.15) is 16.8 Å². The van der Waals surface area contributed by atoms with Crippen molar-refractivity contribution in [2.75, 3.05) is 0 Å². The Morgan fingerprint density at radius 3 is 2.17 bits per heavy atom. The van der Waals surface area contributed by atoms with Crippen molar-refractivity contribution >= 4 is 21.5 Å². The van der Waals surface area contributed by atoms with Gasteiger partial charge in [0.05, 0.1) is 5.69 Å². The van der Waals surface area contributed by atoms with Gasteiger partial charge in [0.25, 0.3) is 0 Å². The summed E-state index contributed by atoms with van der Waals surface area (Å²) in [6.07, 6.45) is 3.65. The van der Waals surface area contributed by atoms with Crippen molar-refractivity contribution in [2.24, 2.45) is 0 Å². The van der Waals surface area contributed by atoms with E-state index in [9.17, 15) is 0 Å². The first-order valence-corrected chi connectivity index (χ1v) is 9.89. The maximum Gasteiger partial charge on any atom is 0.140 e. The fourth-order valence-electron chi connectivity index (χ4n) is 4.15. The average molecular weight is 385 g/mol. The number of hydrogen-bond donors (Lipinski definition) is 0. The van der Waals surface area contributed by atoms with E-state index in [4.69, 9.17) is 10.2 Å². The Labute approximate surface area is 175 Å². The van der Waals surface area contributed by atoms with E-state index in [0.717, 1.165) is 27.8 Å². The number of hydrogen-bond acceptors (Lipinski definition) is 3. The van der Waals surface area contributed by atoms with Gasteiger partial charge in [0.1, 0.15) is 11.8 Å². The van der Waals surface area contributed by atoms with Crippen LogP contribution < -0.4 is 0 Å². The highest BCUT2D eigenvalue weighted by Crippen LogP contribution is 2.34. The second-order valence-corrected chi connectivity index (χ2v) is 7.68. The van der Waals surface area contributed by atoms with E-state index in [1.54, 1.807) is 12.3 Å². The van der Waals surface area contributed by atoms with Crippen LogP contribution in [-0.2, 0) is 0 Å². The van der Waals surface area contributed by atoms with Crippen LogP contribution in [-0.4, -0.2) is 9.97 Å². The van der Waals surface area contributed by atoms with Gasteiger partial charge in [-0.25, -0.2) is 4.98 Å². The Bertz CT molecular complexity index is 1440. The molecule has 0 fully saturated rings. The van der Waals surface area contributed by atoms with Gasteiger partial charge >= 0.3 is 0 Å². The highest BCUT2D eigenvalue weighted by atomic mass is 14.7. The molecule has 0 N–H and O–H groups in total. The van der Waals surface area contributed by atoms with E-state index in [2.05, 4.69) is 79.5 Å². The summed E-state index contributed by atoms with van der Waals surface area (Å²) in [7, 11) is 0. The summed E-state index contributed by atoms with van der Waals surface area (Å²) >= 11 is 0. The highest BCUT2D eigenvalue weighted by Gasteiger charge is 2.10. The lowest BCUT2D eigenvalue weighted by atomic mass is 9.95. The number of pyridine rings is 2. The zero-order chi connectivity index (χ0) is 20.7. The largest absolute Gasteiger partial charge is 0.256 e. The lowest BCUT2D eigenvalue weighted by molar-refractivity contribution is 1.27. The van der Waals surface area contributed by atoms with Crippen LogP contribution >= 0.6 is 0 Å². The molecule has 3 heteroatoms. The standard InChI is InChI=1S/C27H19N3/c1-17-11-18(2)13-22(12-17)27-26-8-5-20-14-19(21-3-6-23(15-28)30-16-21)4-7-24(20)25(26)9-10-29-27/h3-14,16H,1-2H3. The van der Waals surface area contributed by atoms with Gasteiger partial charge in [-0.2, -0.15) is 5.26 Å². The second-order valence-electron chi connectivity index (χ2n) is 7.68. The number of nitrogens with zero attached hydrogens (tertiary/aromatic N) is 3. The first-order valence-electron chi connectivity index (χ1n) is 9.89. The molecule has 3 nitrogen and oxygen atoms in total. The number of nitriles is 1. The smallest absolute Gasteiger partial charge is 0.140 e. The Hall–Kier alpha value is -4.03. The molecule has 0 bridgehead atoms. The van der Waals surface area contributed by atoms with Crippen molar-refractivity contribution in [3.8, 4) is 28.5 Å². The molecule has 5 rings (SSSR count). The fourth-order valence-corrected chi connectivity index (χ4v) is 4.15. The molecule has 2 heterocycles. The van der Waals surface area contributed by atoms with Crippen LogP contribution in [0.5, 0.6) is 0 Å². The van der Waals surface area contributed by atoms with E-state index in [0.29, 0.717) is 5.69 Å². The highest BCUT2D eigenvalue weighted by molar-refractivity contribution is 6.11. The molecule has 0 radical (unpaired) electrons. The lowest BCUT2D eigenvalue weighted by Crippen LogP contribution is -1.90. The second kappa shape index (κ2) is 7.09. The van der Waals surface area contributed by atoms with Gasteiger partial charge < -0.3 is 0 Å². The number of aromatic nitrogens is 2. The number of rotatable bonds is 2. The van der Waals surface area contributed by atoms with Gasteiger partial charge in [-0.05, 0) is 72.0 Å².